The zero-order valence-corrected chi connectivity index (χ0v) is 18.3. The standard InChI is InChI=1S/C18H21FN6S.HI/c1-13-23-24-17(25(13)2)12-22-18(21-11-16-4-3-9-26-16)20-10-14-5-7-15(19)8-6-14;/h3-9H,10-12H2,1-2H3,(H2,20,21,22);1H. The van der Waals surface area contributed by atoms with E-state index in [-0.39, 0.29) is 29.8 Å². The number of hydrogen-bond donors (Lipinski definition) is 2. The number of thiophene rings is 1. The van der Waals surface area contributed by atoms with Crippen molar-refractivity contribution < 1.29 is 4.39 Å². The van der Waals surface area contributed by atoms with Crippen molar-refractivity contribution in [3.63, 3.8) is 0 Å². The quantitative estimate of drug-likeness (QED) is 0.310. The third-order valence-electron chi connectivity index (χ3n) is 3.94. The molecule has 0 saturated heterocycles. The number of hydrogen-bond acceptors (Lipinski definition) is 4. The van der Waals surface area contributed by atoms with Crippen molar-refractivity contribution >= 4 is 41.3 Å². The predicted molar refractivity (Wildman–Crippen MR) is 117 cm³/mol. The lowest BCUT2D eigenvalue weighted by molar-refractivity contribution is 0.627. The molecule has 0 aliphatic carbocycles. The number of aryl methyl sites for hydroxylation is 1. The molecule has 2 N–H and O–H groups in total. The first kappa shape index (κ1) is 21.3. The smallest absolute Gasteiger partial charge is 0.192 e. The van der Waals surface area contributed by atoms with Gasteiger partial charge in [0.25, 0.3) is 0 Å². The number of aromatic nitrogens is 3. The lowest BCUT2D eigenvalue weighted by Crippen LogP contribution is -2.37. The molecule has 0 radical (unpaired) electrons. The van der Waals surface area contributed by atoms with E-state index in [2.05, 4.69) is 31.9 Å². The van der Waals surface area contributed by atoms with Crippen LogP contribution in [0.4, 0.5) is 4.39 Å². The average molecular weight is 500 g/mol. The molecule has 0 bridgehead atoms. The van der Waals surface area contributed by atoms with Crippen LogP contribution in [0.5, 0.6) is 0 Å². The summed E-state index contributed by atoms with van der Waals surface area (Å²) in [6.45, 7) is 3.56. The van der Waals surface area contributed by atoms with E-state index in [9.17, 15) is 4.39 Å². The molecule has 2 heterocycles. The van der Waals surface area contributed by atoms with Crippen molar-refractivity contribution in [2.75, 3.05) is 0 Å². The largest absolute Gasteiger partial charge is 0.351 e. The lowest BCUT2D eigenvalue weighted by Gasteiger charge is -2.12. The topological polar surface area (TPSA) is 67.1 Å². The Balaban J connectivity index is 0.00000261. The van der Waals surface area contributed by atoms with Crippen molar-refractivity contribution in [2.24, 2.45) is 12.0 Å². The van der Waals surface area contributed by atoms with Crippen LogP contribution in [0.3, 0.4) is 0 Å². The van der Waals surface area contributed by atoms with E-state index in [1.54, 1.807) is 23.5 Å². The summed E-state index contributed by atoms with van der Waals surface area (Å²) in [7, 11) is 1.93. The highest BCUT2D eigenvalue weighted by molar-refractivity contribution is 14.0. The molecule has 9 heteroatoms. The number of benzene rings is 1. The molecule has 144 valence electrons. The first-order valence-corrected chi connectivity index (χ1v) is 9.13. The van der Waals surface area contributed by atoms with E-state index in [4.69, 9.17) is 0 Å². The fourth-order valence-electron chi connectivity index (χ4n) is 2.29. The van der Waals surface area contributed by atoms with Gasteiger partial charge in [-0.2, -0.15) is 0 Å². The van der Waals surface area contributed by atoms with Crippen molar-refractivity contribution in [3.8, 4) is 0 Å². The Bertz CT molecular complexity index is 861. The van der Waals surface area contributed by atoms with Crippen molar-refractivity contribution in [3.05, 3.63) is 69.7 Å². The zero-order chi connectivity index (χ0) is 18.4. The minimum Gasteiger partial charge on any atom is -0.351 e. The first-order chi connectivity index (χ1) is 12.6. The van der Waals surface area contributed by atoms with Crippen LogP contribution in [-0.4, -0.2) is 20.7 Å². The highest BCUT2D eigenvalue weighted by atomic mass is 127. The Morgan fingerprint density at radius 3 is 2.52 bits per heavy atom. The third-order valence-corrected chi connectivity index (χ3v) is 4.82. The van der Waals surface area contributed by atoms with Gasteiger partial charge in [0.1, 0.15) is 11.6 Å². The molecule has 27 heavy (non-hydrogen) atoms. The summed E-state index contributed by atoms with van der Waals surface area (Å²) in [6, 6.07) is 10.5. The monoisotopic (exact) mass is 500 g/mol. The van der Waals surface area contributed by atoms with Crippen molar-refractivity contribution in [1.82, 2.24) is 25.4 Å². The van der Waals surface area contributed by atoms with Gasteiger partial charge in [0, 0.05) is 11.9 Å². The van der Waals surface area contributed by atoms with Gasteiger partial charge in [0.2, 0.25) is 0 Å². The van der Waals surface area contributed by atoms with Gasteiger partial charge in [-0.05, 0) is 36.1 Å². The van der Waals surface area contributed by atoms with E-state index in [1.165, 1.54) is 17.0 Å². The molecule has 2 aromatic heterocycles. The maximum absolute atomic E-state index is 13.0. The van der Waals surface area contributed by atoms with E-state index in [1.807, 2.05) is 30.0 Å². The molecule has 3 rings (SSSR count). The number of guanidine groups is 1. The van der Waals surface area contributed by atoms with Crippen molar-refractivity contribution in [1.29, 1.82) is 0 Å². The number of nitrogens with zero attached hydrogens (tertiary/aromatic N) is 4. The molecule has 0 saturated carbocycles. The van der Waals surface area contributed by atoms with Crippen LogP contribution in [0.15, 0.2) is 46.8 Å². The molecule has 3 aromatic rings. The maximum atomic E-state index is 13.0. The summed E-state index contributed by atoms with van der Waals surface area (Å²) in [5.41, 5.74) is 0.943. The highest BCUT2D eigenvalue weighted by Crippen LogP contribution is 2.08. The summed E-state index contributed by atoms with van der Waals surface area (Å²) in [5, 5.41) is 16.9. The normalized spacial score (nSPS) is 11.1. The van der Waals surface area contributed by atoms with E-state index >= 15 is 0 Å². The van der Waals surface area contributed by atoms with Crippen LogP contribution < -0.4 is 10.6 Å². The van der Waals surface area contributed by atoms with Crippen LogP contribution in [0.25, 0.3) is 0 Å². The molecule has 0 spiro atoms. The SMILES string of the molecule is Cc1nnc(CNC(=NCc2ccc(F)cc2)NCc2cccs2)n1C.I. The van der Waals surface area contributed by atoms with E-state index in [0.29, 0.717) is 25.6 Å². The molecule has 0 atom stereocenters. The van der Waals surface area contributed by atoms with Crippen LogP contribution in [-0.2, 0) is 26.7 Å². The molecule has 6 nitrogen and oxygen atoms in total. The fraction of sp³-hybridized carbons (Fsp3) is 0.278. The van der Waals surface area contributed by atoms with Gasteiger partial charge in [-0.25, -0.2) is 9.38 Å². The van der Waals surface area contributed by atoms with Gasteiger partial charge in [0.05, 0.1) is 19.6 Å². The Labute approximate surface area is 179 Å². The summed E-state index contributed by atoms with van der Waals surface area (Å²) in [6.07, 6.45) is 0. The number of halogens is 2. The Morgan fingerprint density at radius 2 is 1.89 bits per heavy atom. The third kappa shape index (κ3) is 6.28. The average Bonchev–Trinajstić information content (AvgIpc) is 3.27. The summed E-state index contributed by atoms with van der Waals surface area (Å²) in [5.74, 6) is 2.11. The Morgan fingerprint density at radius 1 is 1.15 bits per heavy atom. The van der Waals surface area contributed by atoms with Gasteiger partial charge in [-0.15, -0.1) is 45.5 Å². The van der Waals surface area contributed by atoms with E-state index < -0.39 is 0 Å². The molecular formula is C18H22FIN6S. The van der Waals surface area contributed by atoms with Gasteiger partial charge in [-0.3, -0.25) is 0 Å². The minimum absolute atomic E-state index is 0. The second-order valence-corrected chi connectivity index (χ2v) is 6.83. The summed E-state index contributed by atoms with van der Waals surface area (Å²) < 4.78 is 15.0. The molecule has 0 aliphatic heterocycles. The number of nitrogens with one attached hydrogen (secondary N) is 2. The minimum atomic E-state index is -0.246. The highest BCUT2D eigenvalue weighted by Gasteiger charge is 2.07. The van der Waals surface area contributed by atoms with Gasteiger partial charge < -0.3 is 15.2 Å². The van der Waals surface area contributed by atoms with Crippen molar-refractivity contribution in [2.45, 2.75) is 26.6 Å². The van der Waals surface area contributed by atoms with Gasteiger partial charge in [0.15, 0.2) is 11.8 Å². The van der Waals surface area contributed by atoms with Crippen LogP contribution in [0.2, 0.25) is 0 Å². The Hall–Kier alpha value is -2.01. The molecule has 0 unspecified atom stereocenters. The fourth-order valence-corrected chi connectivity index (χ4v) is 2.93. The van der Waals surface area contributed by atoms with Crippen LogP contribution in [0.1, 0.15) is 22.1 Å². The number of aliphatic imine (C=N–C) groups is 1. The zero-order valence-electron chi connectivity index (χ0n) is 15.1. The molecule has 1 aromatic carbocycles. The lowest BCUT2D eigenvalue weighted by atomic mass is 10.2. The molecule has 0 fully saturated rings. The molecular weight excluding hydrogens is 478 g/mol. The maximum Gasteiger partial charge on any atom is 0.192 e. The van der Waals surface area contributed by atoms with Crippen LogP contribution in [0, 0.1) is 12.7 Å². The van der Waals surface area contributed by atoms with Crippen LogP contribution >= 0.6 is 35.3 Å². The second kappa shape index (κ2) is 10.4. The number of rotatable bonds is 6. The van der Waals surface area contributed by atoms with Gasteiger partial charge >= 0.3 is 0 Å². The Kier molecular flexibility index (Phi) is 8.17. The summed E-state index contributed by atoms with van der Waals surface area (Å²) >= 11 is 1.69. The predicted octanol–water partition coefficient (Wildman–Crippen LogP) is 3.38. The van der Waals surface area contributed by atoms with Gasteiger partial charge in [-0.1, -0.05) is 18.2 Å². The first-order valence-electron chi connectivity index (χ1n) is 8.25. The second-order valence-electron chi connectivity index (χ2n) is 5.80. The summed E-state index contributed by atoms with van der Waals surface area (Å²) in [4.78, 5) is 5.81. The molecule has 0 amide bonds. The van der Waals surface area contributed by atoms with E-state index in [0.717, 1.165) is 17.2 Å². The molecule has 0 aliphatic rings.